The van der Waals surface area contributed by atoms with Crippen LogP contribution in [0.4, 0.5) is 11.4 Å². The molecule has 0 aromatic heterocycles. The van der Waals surface area contributed by atoms with Crippen molar-refractivity contribution in [2.24, 2.45) is 0 Å². The highest BCUT2D eigenvalue weighted by Crippen LogP contribution is 2.29. The van der Waals surface area contributed by atoms with Crippen LogP contribution in [-0.4, -0.2) is 8.42 Å². The normalized spacial score (nSPS) is 11.4. The zero-order valence-electron chi connectivity index (χ0n) is 12.1. The Bertz CT molecular complexity index is 802. The van der Waals surface area contributed by atoms with Crippen molar-refractivity contribution in [3.05, 3.63) is 52.0 Å². The third-order valence-corrected chi connectivity index (χ3v) is 5.07. The zero-order chi connectivity index (χ0) is 15.8. The van der Waals surface area contributed by atoms with E-state index >= 15 is 0 Å². The molecule has 6 heteroatoms. The molecule has 0 aliphatic heterocycles. The van der Waals surface area contributed by atoms with Crippen LogP contribution in [0, 0.1) is 20.8 Å². The number of nitrogen functional groups attached to an aromatic ring is 1. The maximum Gasteiger partial charge on any atom is 0.263 e. The third-order valence-electron chi connectivity index (χ3n) is 3.24. The topological polar surface area (TPSA) is 72.2 Å². The highest BCUT2D eigenvalue weighted by atomic mass is 35.5. The van der Waals surface area contributed by atoms with Crippen LogP contribution in [0.5, 0.6) is 0 Å². The second kappa shape index (κ2) is 5.58. The number of sulfonamides is 1. The van der Waals surface area contributed by atoms with Crippen molar-refractivity contribution in [2.45, 2.75) is 25.7 Å². The van der Waals surface area contributed by atoms with Gasteiger partial charge in [-0.3, -0.25) is 4.72 Å². The first-order chi connectivity index (χ1) is 9.70. The van der Waals surface area contributed by atoms with Gasteiger partial charge in [-0.25, -0.2) is 8.42 Å². The van der Waals surface area contributed by atoms with Gasteiger partial charge in [0.15, 0.2) is 0 Å². The van der Waals surface area contributed by atoms with E-state index in [1.54, 1.807) is 19.1 Å². The Kier molecular flexibility index (Phi) is 4.16. The Labute approximate surface area is 130 Å². The molecule has 21 heavy (non-hydrogen) atoms. The van der Waals surface area contributed by atoms with Gasteiger partial charge in [-0.1, -0.05) is 29.3 Å². The maximum absolute atomic E-state index is 12.5. The SMILES string of the molecule is Cc1ccc(NS(=O)(=O)c2cc(N)c(C)cc2Cl)c(C)c1. The Morgan fingerprint density at radius 2 is 1.71 bits per heavy atom. The Morgan fingerprint density at radius 1 is 1.05 bits per heavy atom. The van der Waals surface area contributed by atoms with Gasteiger partial charge in [0.2, 0.25) is 0 Å². The van der Waals surface area contributed by atoms with E-state index in [2.05, 4.69) is 4.72 Å². The van der Waals surface area contributed by atoms with Gasteiger partial charge in [-0.15, -0.1) is 0 Å². The first kappa shape index (κ1) is 15.7. The molecule has 0 aliphatic carbocycles. The van der Waals surface area contributed by atoms with E-state index in [1.165, 1.54) is 6.07 Å². The summed E-state index contributed by atoms with van der Waals surface area (Å²) >= 11 is 6.04. The van der Waals surface area contributed by atoms with Crippen LogP contribution in [0.2, 0.25) is 5.02 Å². The lowest BCUT2D eigenvalue weighted by Gasteiger charge is -2.13. The molecule has 112 valence electrons. The average molecular weight is 325 g/mol. The standard InChI is InChI=1S/C15H17ClN2O2S/c1-9-4-5-14(11(3)6-9)18-21(19,20)15-8-13(17)10(2)7-12(15)16/h4-8,18H,17H2,1-3H3. The molecular weight excluding hydrogens is 308 g/mol. The average Bonchev–Trinajstić information content (AvgIpc) is 2.37. The second-order valence-corrected chi connectivity index (χ2v) is 7.12. The molecule has 0 atom stereocenters. The monoisotopic (exact) mass is 324 g/mol. The van der Waals surface area contributed by atoms with Crippen LogP contribution in [-0.2, 0) is 10.0 Å². The molecule has 0 aliphatic rings. The van der Waals surface area contributed by atoms with Gasteiger partial charge in [0.1, 0.15) is 4.90 Å². The van der Waals surface area contributed by atoms with Crippen molar-refractivity contribution in [3.8, 4) is 0 Å². The van der Waals surface area contributed by atoms with E-state index in [1.807, 2.05) is 26.0 Å². The molecule has 0 saturated heterocycles. The predicted octanol–water partition coefficient (Wildman–Crippen LogP) is 3.65. The van der Waals surface area contributed by atoms with E-state index < -0.39 is 10.0 Å². The van der Waals surface area contributed by atoms with Gasteiger partial charge in [0, 0.05) is 5.69 Å². The molecule has 3 N–H and O–H groups in total. The fraction of sp³-hybridized carbons (Fsp3) is 0.200. The minimum absolute atomic E-state index is 0.0211. The summed E-state index contributed by atoms with van der Waals surface area (Å²) in [4.78, 5) is -0.0211. The van der Waals surface area contributed by atoms with Crippen LogP contribution in [0.25, 0.3) is 0 Å². The summed E-state index contributed by atoms with van der Waals surface area (Å²) in [5, 5.41) is 0.152. The van der Waals surface area contributed by atoms with Gasteiger partial charge >= 0.3 is 0 Å². The predicted molar refractivity (Wildman–Crippen MR) is 87.3 cm³/mol. The molecule has 0 unspecified atom stereocenters. The van der Waals surface area contributed by atoms with Gasteiger partial charge in [0.05, 0.1) is 10.7 Å². The van der Waals surface area contributed by atoms with Crippen molar-refractivity contribution in [3.63, 3.8) is 0 Å². The van der Waals surface area contributed by atoms with Crippen LogP contribution < -0.4 is 10.5 Å². The Balaban J connectivity index is 2.46. The first-order valence-corrected chi connectivity index (χ1v) is 8.22. The first-order valence-electron chi connectivity index (χ1n) is 6.36. The molecule has 2 aromatic carbocycles. The number of benzene rings is 2. The lowest BCUT2D eigenvalue weighted by atomic mass is 10.1. The number of hydrogen-bond donors (Lipinski definition) is 2. The maximum atomic E-state index is 12.5. The fourth-order valence-electron chi connectivity index (χ4n) is 2.00. The zero-order valence-corrected chi connectivity index (χ0v) is 13.6. The molecule has 0 saturated carbocycles. The minimum Gasteiger partial charge on any atom is -0.398 e. The van der Waals surface area contributed by atoms with Crippen LogP contribution in [0.1, 0.15) is 16.7 Å². The quantitative estimate of drug-likeness (QED) is 0.846. The van der Waals surface area contributed by atoms with E-state index in [-0.39, 0.29) is 9.92 Å². The molecule has 0 fully saturated rings. The van der Waals surface area contributed by atoms with Crippen LogP contribution in [0.3, 0.4) is 0 Å². The second-order valence-electron chi connectivity index (χ2n) is 5.06. The molecule has 0 radical (unpaired) electrons. The largest absolute Gasteiger partial charge is 0.398 e. The number of hydrogen-bond acceptors (Lipinski definition) is 3. The van der Waals surface area contributed by atoms with Crippen molar-refractivity contribution >= 4 is 33.0 Å². The lowest BCUT2D eigenvalue weighted by molar-refractivity contribution is 0.601. The minimum atomic E-state index is -3.78. The number of anilines is 2. The molecule has 2 rings (SSSR count). The summed E-state index contributed by atoms with van der Waals surface area (Å²) in [5.41, 5.74) is 9.34. The van der Waals surface area contributed by atoms with E-state index in [9.17, 15) is 8.42 Å². The van der Waals surface area contributed by atoms with Gasteiger partial charge in [0.25, 0.3) is 10.0 Å². The summed E-state index contributed by atoms with van der Waals surface area (Å²) in [5.74, 6) is 0. The molecule has 0 spiro atoms. The third kappa shape index (κ3) is 3.31. The van der Waals surface area contributed by atoms with Gasteiger partial charge in [-0.2, -0.15) is 0 Å². The van der Waals surface area contributed by atoms with Crippen molar-refractivity contribution in [1.82, 2.24) is 0 Å². The van der Waals surface area contributed by atoms with Crippen LogP contribution in [0.15, 0.2) is 35.2 Å². The van der Waals surface area contributed by atoms with Crippen molar-refractivity contribution in [2.75, 3.05) is 10.5 Å². The van der Waals surface area contributed by atoms with E-state index in [0.717, 1.165) is 16.7 Å². The number of rotatable bonds is 3. The molecule has 4 nitrogen and oxygen atoms in total. The summed E-state index contributed by atoms with van der Waals surface area (Å²) in [6, 6.07) is 8.41. The highest BCUT2D eigenvalue weighted by Gasteiger charge is 2.20. The van der Waals surface area contributed by atoms with Crippen molar-refractivity contribution < 1.29 is 8.42 Å². The molecule has 2 aromatic rings. The summed E-state index contributed by atoms with van der Waals surface area (Å²) < 4.78 is 27.5. The lowest BCUT2D eigenvalue weighted by Crippen LogP contribution is -2.15. The fourth-order valence-corrected chi connectivity index (χ4v) is 3.75. The number of halogens is 1. The number of aryl methyl sites for hydroxylation is 3. The van der Waals surface area contributed by atoms with E-state index in [4.69, 9.17) is 17.3 Å². The summed E-state index contributed by atoms with van der Waals surface area (Å²) in [6.45, 7) is 5.56. The summed E-state index contributed by atoms with van der Waals surface area (Å²) in [6.07, 6.45) is 0. The van der Waals surface area contributed by atoms with E-state index in [0.29, 0.717) is 11.4 Å². The van der Waals surface area contributed by atoms with Crippen LogP contribution >= 0.6 is 11.6 Å². The molecule has 0 amide bonds. The van der Waals surface area contributed by atoms with Crippen molar-refractivity contribution in [1.29, 1.82) is 0 Å². The Hall–Kier alpha value is -1.72. The number of nitrogens with one attached hydrogen (secondary N) is 1. The number of nitrogens with two attached hydrogens (primary N) is 1. The smallest absolute Gasteiger partial charge is 0.263 e. The highest BCUT2D eigenvalue weighted by molar-refractivity contribution is 7.92. The molecule has 0 bridgehead atoms. The van der Waals surface area contributed by atoms with Gasteiger partial charge in [-0.05, 0) is 50.1 Å². The Morgan fingerprint density at radius 3 is 2.33 bits per heavy atom. The summed E-state index contributed by atoms with van der Waals surface area (Å²) in [7, 11) is -3.78. The molecular formula is C15H17ClN2O2S. The molecule has 0 heterocycles. The van der Waals surface area contributed by atoms with Gasteiger partial charge < -0.3 is 5.73 Å².